The normalized spacial score (nSPS) is 14.8. The van der Waals surface area contributed by atoms with Crippen LogP contribution in [0.15, 0.2) is 60.8 Å². The standard InChI is InChI=1S/C23H22N6O2/c1-16-7-9-18(10-8-16)29-25-14-20(28-29)21(30)26-19(13-17-5-3-2-4-6-17)22(31)27-23(15-24)11-12-23/h2-10,14,19H,11-13H2,1H3,(H,26,30)(H,27,31)/t19-/m0/s1. The number of nitrogens with one attached hydrogen (secondary N) is 2. The maximum atomic E-state index is 12.9. The fraction of sp³-hybridized carbons (Fsp3) is 0.261. The number of amides is 2. The highest BCUT2D eigenvalue weighted by Gasteiger charge is 2.45. The third-order valence-electron chi connectivity index (χ3n) is 5.22. The molecule has 8 nitrogen and oxygen atoms in total. The zero-order chi connectivity index (χ0) is 21.8. The Hall–Kier alpha value is -3.99. The van der Waals surface area contributed by atoms with Gasteiger partial charge < -0.3 is 10.6 Å². The van der Waals surface area contributed by atoms with E-state index in [-0.39, 0.29) is 11.6 Å². The summed E-state index contributed by atoms with van der Waals surface area (Å²) < 4.78 is 0. The van der Waals surface area contributed by atoms with Crippen LogP contribution in [-0.4, -0.2) is 38.4 Å². The lowest BCUT2D eigenvalue weighted by Crippen LogP contribution is -2.51. The lowest BCUT2D eigenvalue weighted by atomic mass is 10.0. The molecule has 1 aliphatic rings. The van der Waals surface area contributed by atoms with Crippen LogP contribution in [0, 0.1) is 18.3 Å². The smallest absolute Gasteiger partial charge is 0.274 e. The van der Waals surface area contributed by atoms with Crippen LogP contribution in [-0.2, 0) is 11.2 Å². The van der Waals surface area contributed by atoms with E-state index in [1.807, 2.05) is 61.5 Å². The van der Waals surface area contributed by atoms with Crippen LogP contribution in [0.2, 0.25) is 0 Å². The Kier molecular flexibility index (Phi) is 5.50. The van der Waals surface area contributed by atoms with Gasteiger partial charge in [-0.15, -0.1) is 5.10 Å². The van der Waals surface area contributed by atoms with Gasteiger partial charge in [0.05, 0.1) is 18.0 Å². The Morgan fingerprint density at radius 1 is 1.16 bits per heavy atom. The second-order valence-electron chi connectivity index (χ2n) is 7.75. The first-order chi connectivity index (χ1) is 15.0. The molecule has 0 unspecified atom stereocenters. The molecule has 1 heterocycles. The van der Waals surface area contributed by atoms with Gasteiger partial charge in [-0.3, -0.25) is 9.59 Å². The van der Waals surface area contributed by atoms with Crippen molar-refractivity contribution < 1.29 is 9.59 Å². The van der Waals surface area contributed by atoms with Crippen LogP contribution in [0.4, 0.5) is 0 Å². The van der Waals surface area contributed by atoms with Gasteiger partial charge in [0, 0.05) is 6.42 Å². The summed E-state index contributed by atoms with van der Waals surface area (Å²) in [6, 6.07) is 18.3. The molecule has 156 valence electrons. The van der Waals surface area contributed by atoms with E-state index in [9.17, 15) is 14.9 Å². The molecule has 1 fully saturated rings. The summed E-state index contributed by atoms with van der Waals surface area (Å²) in [5, 5.41) is 23.2. The van der Waals surface area contributed by atoms with Crippen molar-refractivity contribution in [1.29, 1.82) is 5.26 Å². The molecule has 0 spiro atoms. The van der Waals surface area contributed by atoms with Gasteiger partial charge >= 0.3 is 0 Å². The van der Waals surface area contributed by atoms with Gasteiger partial charge in [0.25, 0.3) is 5.91 Å². The van der Waals surface area contributed by atoms with Gasteiger partial charge in [-0.2, -0.15) is 15.2 Å². The van der Waals surface area contributed by atoms with Crippen LogP contribution in [0.1, 0.15) is 34.5 Å². The number of carbonyl (C=O) groups is 2. The molecule has 0 radical (unpaired) electrons. The first kappa shape index (κ1) is 20.3. The molecule has 2 amide bonds. The number of hydrogen-bond acceptors (Lipinski definition) is 5. The van der Waals surface area contributed by atoms with Crippen LogP contribution in [0.25, 0.3) is 5.69 Å². The topological polar surface area (TPSA) is 113 Å². The van der Waals surface area contributed by atoms with Crippen molar-refractivity contribution in [2.45, 2.75) is 37.8 Å². The molecule has 31 heavy (non-hydrogen) atoms. The summed E-state index contributed by atoms with van der Waals surface area (Å²) in [4.78, 5) is 27.1. The molecule has 1 aromatic heterocycles. The SMILES string of the molecule is Cc1ccc(-n2ncc(C(=O)N[C@@H](Cc3ccccc3)C(=O)NC3(C#N)CC3)n2)cc1. The zero-order valence-corrected chi connectivity index (χ0v) is 17.1. The molecule has 0 saturated heterocycles. The summed E-state index contributed by atoms with van der Waals surface area (Å²) >= 11 is 0. The molecule has 1 atom stereocenters. The van der Waals surface area contributed by atoms with Crippen molar-refractivity contribution in [1.82, 2.24) is 25.6 Å². The fourth-order valence-electron chi connectivity index (χ4n) is 3.17. The summed E-state index contributed by atoms with van der Waals surface area (Å²) in [7, 11) is 0. The molecule has 0 bridgehead atoms. The lowest BCUT2D eigenvalue weighted by molar-refractivity contribution is -0.123. The van der Waals surface area contributed by atoms with Crippen LogP contribution < -0.4 is 10.6 Å². The van der Waals surface area contributed by atoms with Gasteiger partial charge in [0.15, 0.2) is 5.69 Å². The molecule has 3 aromatic rings. The van der Waals surface area contributed by atoms with Crippen molar-refractivity contribution in [3.63, 3.8) is 0 Å². The van der Waals surface area contributed by atoms with Gasteiger partial charge in [0.1, 0.15) is 11.6 Å². The molecule has 0 aliphatic heterocycles. The van der Waals surface area contributed by atoms with Crippen LogP contribution in [0.3, 0.4) is 0 Å². The second kappa shape index (κ2) is 8.40. The van der Waals surface area contributed by atoms with Crippen molar-refractivity contribution in [3.8, 4) is 11.8 Å². The Labute approximate surface area is 179 Å². The van der Waals surface area contributed by atoms with E-state index in [1.54, 1.807) is 0 Å². The van der Waals surface area contributed by atoms with Crippen LogP contribution in [0.5, 0.6) is 0 Å². The zero-order valence-electron chi connectivity index (χ0n) is 17.1. The summed E-state index contributed by atoms with van der Waals surface area (Å²) in [5.74, 6) is -0.890. The van der Waals surface area contributed by atoms with Gasteiger partial charge in [-0.05, 0) is 37.5 Å². The Morgan fingerprint density at radius 3 is 2.52 bits per heavy atom. The number of hydrogen-bond donors (Lipinski definition) is 2. The van der Waals surface area contributed by atoms with Crippen molar-refractivity contribution in [2.75, 3.05) is 0 Å². The average Bonchev–Trinajstić information content (AvgIpc) is 3.37. The summed E-state index contributed by atoms with van der Waals surface area (Å²) in [6.07, 6.45) is 2.90. The highest BCUT2D eigenvalue weighted by atomic mass is 16.2. The second-order valence-corrected chi connectivity index (χ2v) is 7.75. The maximum Gasteiger partial charge on any atom is 0.274 e. The van der Waals surface area contributed by atoms with Gasteiger partial charge in [-0.1, -0.05) is 48.0 Å². The number of carbonyl (C=O) groups excluding carboxylic acids is 2. The highest BCUT2D eigenvalue weighted by molar-refractivity contribution is 5.96. The molecule has 8 heteroatoms. The molecular weight excluding hydrogens is 392 g/mol. The van der Waals surface area contributed by atoms with Gasteiger partial charge in [0.2, 0.25) is 5.91 Å². The average molecular weight is 414 g/mol. The molecule has 1 saturated carbocycles. The summed E-state index contributed by atoms with van der Waals surface area (Å²) in [5.41, 5.74) is 2.02. The highest BCUT2D eigenvalue weighted by Crippen LogP contribution is 2.34. The number of nitrogens with zero attached hydrogens (tertiary/aromatic N) is 4. The summed E-state index contributed by atoms with van der Waals surface area (Å²) in [6.45, 7) is 1.98. The number of benzene rings is 2. The van der Waals surface area contributed by atoms with E-state index in [0.29, 0.717) is 19.3 Å². The minimum absolute atomic E-state index is 0.104. The van der Waals surface area contributed by atoms with E-state index < -0.39 is 17.5 Å². The van der Waals surface area contributed by atoms with E-state index >= 15 is 0 Å². The minimum Gasteiger partial charge on any atom is -0.338 e. The van der Waals surface area contributed by atoms with E-state index in [2.05, 4.69) is 26.9 Å². The van der Waals surface area contributed by atoms with Crippen molar-refractivity contribution in [3.05, 3.63) is 77.6 Å². The molecule has 2 N–H and O–H groups in total. The number of nitriles is 1. The number of aromatic nitrogens is 3. The van der Waals surface area contributed by atoms with Gasteiger partial charge in [-0.25, -0.2) is 0 Å². The molecule has 4 rings (SSSR count). The predicted molar refractivity (Wildman–Crippen MR) is 113 cm³/mol. The van der Waals surface area contributed by atoms with Crippen LogP contribution >= 0.6 is 0 Å². The Bertz CT molecular complexity index is 1130. The molecule has 1 aliphatic carbocycles. The number of aryl methyl sites for hydroxylation is 1. The van der Waals surface area contributed by atoms with Crippen molar-refractivity contribution in [2.24, 2.45) is 0 Å². The first-order valence-electron chi connectivity index (χ1n) is 10.1. The molecule has 2 aromatic carbocycles. The Balaban J connectivity index is 1.50. The largest absolute Gasteiger partial charge is 0.338 e. The fourth-order valence-corrected chi connectivity index (χ4v) is 3.17. The van der Waals surface area contributed by atoms with E-state index in [1.165, 1.54) is 11.0 Å². The number of rotatable bonds is 7. The predicted octanol–water partition coefficient (Wildman–Crippen LogP) is 2.09. The lowest BCUT2D eigenvalue weighted by Gasteiger charge is -2.20. The monoisotopic (exact) mass is 414 g/mol. The minimum atomic E-state index is -0.842. The first-order valence-corrected chi connectivity index (χ1v) is 10.1. The third kappa shape index (κ3) is 4.78. The third-order valence-corrected chi connectivity index (χ3v) is 5.22. The van der Waals surface area contributed by atoms with Crippen molar-refractivity contribution >= 4 is 11.8 Å². The van der Waals surface area contributed by atoms with E-state index in [4.69, 9.17) is 0 Å². The quantitative estimate of drug-likeness (QED) is 0.615. The van der Waals surface area contributed by atoms with E-state index in [0.717, 1.165) is 16.8 Å². The molecular formula is C23H22N6O2. The maximum absolute atomic E-state index is 12.9. The Morgan fingerprint density at radius 2 is 1.87 bits per heavy atom.